The number of hydrogen-bond donors (Lipinski definition) is 0. The SMILES string of the molecule is O=C(c1ccc(Cn2c(SCc3ccccc3F)nc3cccnc32)cc1)N1CCc2ccccc21. The number of amides is 1. The van der Waals surface area contributed by atoms with Crippen LogP contribution in [-0.4, -0.2) is 27.0 Å². The zero-order valence-electron chi connectivity index (χ0n) is 19.5. The van der Waals surface area contributed by atoms with Gasteiger partial charge in [-0.3, -0.25) is 9.36 Å². The molecule has 0 unspecified atom stereocenters. The Hall–Kier alpha value is -3.97. The van der Waals surface area contributed by atoms with E-state index in [4.69, 9.17) is 4.98 Å². The van der Waals surface area contributed by atoms with Crippen LogP contribution in [0.2, 0.25) is 0 Å². The van der Waals surface area contributed by atoms with E-state index in [9.17, 15) is 9.18 Å². The highest BCUT2D eigenvalue weighted by Crippen LogP contribution is 2.30. The van der Waals surface area contributed by atoms with E-state index in [-0.39, 0.29) is 11.7 Å². The van der Waals surface area contributed by atoms with Crippen LogP contribution in [0.15, 0.2) is 96.3 Å². The fourth-order valence-corrected chi connectivity index (χ4v) is 5.58. The molecule has 0 atom stereocenters. The van der Waals surface area contributed by atoms with Crippen LogP contribution in [0.3, 0.4) is 0 Å². The predicted octanol–water partition coefficient (Wildman–Crippen LogP) is 6.11. The maximum Gasteiger partial charge on any atom is 0.258 e. The Bertz CT molecular complexity index is 1560. The van der Waals surface area contributed by atoms with Gasteiger partial charge in [0.15, 0.2) is 10.8 Å². The zero-order chi connectivity index (χ0) is 24.5. The smallest absolute Gasteiger partial charge is 0.258 e. The number of benzene rings is 3. The van der Waals surface area contributed by atoms with Crippen LogP contribution in [0.5, 0.6) is 0 Å². The molecule has 0 bridgehead atoms. The molecule has 3 aromatic carbocycles. The fraction of sp³-hybridized carbons (Fsp3) is 0.138. The molecule has 5 nitrogen and oxygen atoms in total. The number of carbonyl (C=O) groups excluding carboxylic acids is 1. The van der Waals surface area contributed by atoms with Gasteiger partial charge in [-0.1, -0.05) is 60.3 Å². The predicted molar refractivity (Wildman–Crippen MR) is 141 cm³/mol. The van der Waals surface area contributed by atoms with Gasteiger partial charge in [-0.05, 0) is 59.5 Å². The average Bonchev–Trinajstić information content (AvgIpc) is 3.50. The molecule has 0 spiro atoms. The van der Waals surface area contributed by atoms with Gasteiger partial charge in [0.05, 0.1) is 6.54 Å². The molecule has 178 valence electrons. The topological polar surface area (TPSA) is 51.0 Å². The number of imidazole rings is 1. The molecule has 1 aliphatic heterocycles. The van der Waals surface area contributed by atoms with Crippen LogP contribution >= 0.6 is 11.8 Å². The number of pyridine rings is 1. The molecule has 0 fully saturated rings. The van der Waals surface area contributed by atoms with Crippen molar-refractivity contribution in [3.63, 3.8) is 0 Å². The summed E-state index contributed by atoms with van der Waals surface area (Å²) < 4.78 is 16.2. The first kappa shape index (κ1) is 22.5. The van der Waals surface area contributed by atoms with E-state index in [1.807, 2.05) is 70.1 Å². The van der Waals surface area contributed by atoms with Crippen molar-refractivity contribution < 1.29 is 9.18 Å². The summed E-state index contributed by atoms with van der Waals surface area (Å²) in [5.74, 6) is 0.273. The molecule has 1 amide bonds. The molecular weight excluding hydrogens is 471 g/mol. The lowest BCUT2D eigenvalue weighted by molar-refractivity contribution is 0.0989. The van der Waals surface area contributed by atoms with Crippen LogP contribution in [0.25, 0.3) is 11.2 Å². The summed E-state index contributed by atoms with van der Waals surface area (Å²) in [6.45, 7) is 1.25. The average molecular weight is 495 g/mol. The lowest BCUT2D eigenvalue weighted by Gasteiger charge is -2.17. The Morgan fingerprint density at radius 1 is 0.944 bits per heavy atom. The van der Waals surface area contributed by atoms with Crippen molar-refractivity contribution in [1.29, 1.82) is 0 Å². The standard InChI is InChI=1S/C29H23FN4OS/c30-24-8-3-1-7-23(24)19-36-29-32-25-9-5-16-31-27(25)34(29)18-20-11-13-22(14-12-20)28(35)33-17-15-21-6-2-4-10-26(21)33/h1-14,16H,15,17-19H2. The number of hydrogen-bond acceptors (Lipinski definition) is 4. The van der Waals surface area contributed by atoms with E-state index < -0.39 is 0 Å². The van der Waals surface area contributed by atoms with E-state index in [1.165, 1.54) is 23.4 Å². The van der Waals surface area contributed by atoms with Crippen LogP contribution in [0, 0.1) is 5.82 Å². The van der Waals surface area contributed by atoms with Crippen LogP contribution in [-0.2, 0) is 18.7 Å². The van der Waals surface area contributed by atoms with Gasteiger partial charge in [-0.15, -0.1) is 0 Å². The molecule has 3 heterocycles. The van der Waals surface area contributed by atoms with E-state index in [1.54, 1.807) is 18.3 Å². The van der Waals surface area contributed by atoms with Crippen LogP contribution < -0.4 is 4.90 Å². The van der Waals surface area contributed by atoms with Crippen molar-refractivity contribution in [2.45, 2.75) is 23.9 Å². The Balaban J connectivity index is 1.24. The lowest BCUT2D eigenvalue weighted by atomic mass is 10.1. The first-order valence-corrected chi connectivity index (χ1v) is 12.8. The molecule has 0 radical (unpaired) electrons. The summed E-state index contributed by atoms with van der Waals surface area (Å²) in [5, 5.41) is 0.778. The van der Waals surface area contributed by atoms with Crippen molar-refractivity contribution >= 4 is 34.5 Å². The monoisotopic (exact) mass is 494 g/mol. The molecule has 1 aliphatic rings. The molecule has 5 aromatic rings. The third-order valence-electron chi connectivity index (χ3n) is 6.46. The van der Waals surface area contributed by atoms with Gasteiger partial charge in [0.1, 0.15) is 11.3 Å². The van der Waals surface area contributed by atoms with Crippen molar-refractivity contribution in [2.75, 3.05) is 11.4 Å². The van der Waals surface area contributed by atoms with E-state index in [0.29, 0.717) is 30.0 Å². The Kier molecular flexibility index (Phi) is 5.99. The number of thioether (sulfide) groups is 1. The third kappa shape index (κ3) is 4.27. The second-order valence-electron chi connectivity index (χ2n) is 8.74. The summed E-state index contributed by atoms with van der Waals surface area (Å²) >= 11 is 1.49. The normalized spacial score (nSPS) is 12.8. The summed E-state index contributed by atoms with van der Waals surface area (Å²) in [5.41, 5.74) is 6.13. The number of aromatic nitrogens is 3. The van der Waals surface area contributed by atoms with Crippen LogP contribution in [0.1, 0.15) is 27.0 Å². The minimum absolute atomic E-state index is 0.0161. The number of nitrogens with zero attached hydrogens (tertiary/aromatic N) is 4. The molecule has 36 heavy (non-hydrogen) atoms. The van der Waals surface area contributed by atoms with Gasteiger partial charge in [-0.25, -0.2) is 14.4 Å². The van der Waals surface area contributed by atoms with E-state index in [2.05, 4.69) is 11.1 Å². The van der Waals surface area contributed by atoms with Gasteiger partial charge in [0.2, 0.25) is 0 Å². The maximum atomic E-state index is 14.2. The summed E-state index contributed by atoms with van der Waals surface area (Å²) in [6, 6.07) is 26.4. The first-order chi connectivity index (χ1) is 17.7. The van der Waals surface area contributed by atoms with Gasteiger partial charge in [-0.2, -0.15) is 0 Å². The third-order valence-corrected chi connectivity index (χ3v) is 7.48. The minimum atomic E-state index is -0.216. The minimum Gasteiger partial charge on any atom is -0.308 e. The van der Waals surface area contributed by atoms with E-state index >= 15 is 0 Å². The molecular formula is C29H23FN4OS. The second-order valence-corrected chi connectivity index (χ2v) is 9.68. The highest BCUT2D eigenvalue weighted by atomic mass is 32.2. The van der Waals surface area contributed by atoms with Crippen molar-refractivity contribution in [3.05, 3.63) is 119 Å². The van der Waals surface area contributed by atoms with Gasteiger partial charge in [0.25, 0.3) is 5.91 Å². The Labute approximate surface area is 212 Å². The van der Waals surface area contributed by atoms with Gasteiger partial charge in [0, 0.05) is 29.7 Å². The molecule has 0 saturated carbocycles. The first-order valence-electron chi connectivity index (χ1n) is 11.8. The van der Waals surface area contributed by atoms with Crippen molar-refractivity contribution in [3.8, 4) is 0 Å². The lowest BCUT2D eigenvalue weighted by Crippen LogP contribution is -2.28. The molecule has 2 aromatic heterocycles. The van der Waals surface area contributed by atoms with Gasteiger partial charge >= 0.3 is 0 Å². The summed E-state index contributed by atoms with van der Waals surface area (Å²) in [4.78, 5) is 24.3. The van der Waals surface area contributed by atoms with Crippen molar-refractivity contribution in [1.82, 2.24) is 14.5 Å². The van der Waals surface area contributed by atoms with E-state index in [0.717, 1.165) is 34.0 Å². The molecule has 0 aliphatic carbocycles. The Morgan fingerprint density at radius 2 is 1.75 bits per heavy atom. The van der Waals surface area contributed by atoms with Crippen LogP contribution in [0.4, 0.5) is 10.1 Å². The second kappa shape index (κ2) is 9.59. The number of anilines is 1. The van der Waals surface area contributed by atoms with Gasteiger partial charge < -0.3 is 4.90 Å². The molecule has 0 N–H and O–H groups in total. The molecule has 6 rings (SSSR count). The number of halogens is 1. The quantitative estimate of drug-likeness (QED) is 0.267. The number of fused-ring (bicyclic) bond motifs is 2. The largest absolute Gasteiger partial charge is 0.308 e. The number of rotatable bonds is 6. The Morgan fingerprint density at radius 3 is 2.61 bits per heavy atom. The zero-order valence-corrected chi connectivity index (χ0v) is 20.3. The molecule has 7 heteroatoms. The molecule has 0 saturated heterocycles. The summed E-state index contributed by atoms with van der Waals surface area (Å²) in [7, 11) is 0. The fourth-order valence-electron chi connectivity index (χ4n) is 4.59. The number of carbonyl (C=O) groups is 1. The highest BCUT2D eigenvalue weighted by Gasteiger charge is 2.25. The highest BCUT2D eigenvalue weighted by molar-refractivity contribution is 7.98. The summed E-state index contributed by atoms with van der Waals surface area (Å²) in [6.07, 6.45) is 2.63. The van der Waals surface area contributed by atoms with Crippen molar-refractivity contribution in [2.24, 2.45) is 0 Å². The number of para-hydroxylation sites is 1. The maximum absolute atomic E-state index is 14.2.